The molecule has 1 fully saturated rings. The van der Waals surface area contributed by atoms with Gasteiger partial charge in [0, 0.05) is 17.8 Å². The zero-order valence-corrected chi connectivity index (χ0v) is 14.9. The molecule has 2 rings (SSSR count). The van der Waals surface area contributed by atoms with Gasteiger partial charge in [-0.3, -0.25) is 9.59 Å². The molecule has 1 saturated carbocycles. The van der Waals surface area contributed by atoms with Crippen LogP contribution in [0.2, 0.25) is 0 Å². The minimum atomic E-state index is -0.947. The van der Waals surface area contributed by atoms with Crippen molar-refractivity contribution in [2.24, 2.45) is 5.41 Å². The van der Waals surface area contributed by atoms with E-state index in [0.717, 1.165) is 15.6 Å². The zero-order valence-electron chi connectivity index (χ0n) is 14.1. The Bertz CT molecular complexity index is 590. The molecular formula is C16H24N2O3S. The number of hydrogen-bond donors (Lipinski definition) is 0. The fraction of sp³-hybridized carbons (Fsp3) is 0.688. The van der Waals surface area contributed by atoms with Crippen LogP contribution in [-0.4, -0.2) is 35.9 Å². The van der Waals surface area contributed by atoms with Gasteiger partial charge in [-0.05, 0) is 26.7 Å². The lowest BCUT2D eigenvalue weighted by molar-refractivity contribution is -0.156. The molecule has 0 saturated heterocycles. The van der Waals surface area contributed by atoms with Gasteiger partial charge >= 0.3 is 5.97 Å². The number of esters is 1. The molecule has 1 aromatic rings. The molecule has 122 valence electrons. The number of aromatic nitrogens is 1. The highest BCUT2D eigenvalue weighted by atomic mass is 32.1. The van der Waals surface area contributed by atoms with Crippen LogP contribution in [0.3, 0.4) is 0 Å². The van der Waals surface area contributed by atoms with Gasteiger partial charge in [-0.25, -0.2) is 4.98 Å². The van der Waals surface area contributed by atoms with Gasteiger partial charge in [0.1, 0.15) is 5.41 Å². The summed E-state index contributed by atoms with van der Waals surface area (Å²) in [6.07, 6.45) is 1.16. The van der Waals surface area contributed by atoms with Crippen LogP contribution in [-0.2, 0) is 14.3 Å². The normalized spacial score (nSPS) is 17.2. The fourth-order valence-corrected chi connectivity index (χ4v) is 3.74. The number of carbonyl (C=O) groups is 2. The molecule has 0 aliphatic heterocycles. The van der Waals surface area contributed by atoms with Crippen LogP contribution in [0, 0.1) is 12.3 Å². The van der Waals surface area contributed by atoms with E-state index in [4.69, 9.17) is 4.74 Å². The molecular weight excluding hydrogens is 300 g/mol. The fourth-order valence-electron chi connectivity index (χ4n) is 2.58. The second kappa shape index (κ2) is 5.99. The summed E-state index contributed by atoms with van der Waals surface area (Å²) in [5, 5.41) is 1.08. The average molecular weight is 324 g/mol. The molecule has 1 heterocycles. The summed E-state index contributed by atoms with van der Waals surface area (Å²) in [5.41, 5.74) is 0.0146. The SMILES string of the molecule is COC(=O)C1(C(=O)N(C)[C@@H](C)c2sc(C(C)C)nc2C)CC1. The summed E-state index contributed by atoms with van der Waals surface area (Å²) in [6.45, 7) is 8.17. The molecule has 1 atom stereocenters. The first kappa shape index (κ1) is 16.9. The number of methoxy groups -OCH3 is 1. The molecule has 0 spiro atoms. The summed E-state index contributed by atoms with van der Waals surface area (Å²) in [7, 11) is 3.09. The molecule has 1 aromatic heterocycles. The third-order valence-electron chi connectivity index (χ3n) is 4.36. The summed E-state index contributed by atoms with van der Waals surface area (Å²) >= 11 is 1.65. The van der Waals surface area contributed by atoms with Crippen molar-refractivity contribution in [1.29, 1.82) is 0 Å². The summed E-state index contributed by atoms with van der Waals surface area (Å²) < 4.78 is 4.80. The van der Waals surface area contributed by atoms with E-state index in [9.17, 15) is 9.59 Å². The first-order chi connectivity index (χ1) is 10.2. The number of nitrogens with zero attached hydrogens (tertiary/aromatic N) is 2. The standard InChI is InChI=1S/C16H24N2O3S/c1-9(2)13-17-10(3)12(22-13)11(4)18(5)14(19)16(7-8-16)15(20)21-6/h9,11H,7-8H2,1-6H3/t11-/m0/s1. The highest BCUT2D eigenvalue weighted by molar-refractivity contribution is 7.11. The Labute approximate surface area is 135 Å². The van der Waals surface area contributed by atoms with E-state index in [-0.39, 0.29) is 11.9 Å². The van der Waals surface area contributed by atoms with Crippen molar-refractivity contribution in [3.63, 3.8) is 0 Å². The molecule has 5 nitrogen and oxygen atoms in total. The Hall–Kier alpha value is -1.43. The number of ether oxygens (including phenoxy) is 1. The molecule has 1 aliphatic carbocycles. The molecule has 0 unspecified atom stereocenters. The lowest BCUT2D eigenvalue weighted by Crippen LogP contribution is -2.40. The first-order valence-electron chi connectivity index (χ1n) is 7.57. The monoisotopic (exact) mass is 324 g/mol. The number of hydrogen-bond acceptors (Lipinski definition) is 5. The summed E-state index contributed by atoms with van der Waals surface area (Å²) in [5.74, 6) is -0.193. The smallest absolute Gasteiger partial charge is 0.321 e. The first-order valence-corrected chi connectivity index (χ1v) is 8.39. The Balaban J connectivity index is 2.21. The van der Waals surface area contributed by atoms with Crippen molar-refractivity contribution in [3.05, 3.63) is 15.6 Å². The molecule has 1 amide bonds. The molecule has 22 heavy (non-hydrogen) atoms. The second-order valence-electron chi connectivity index (χ2n) is 6.32. The number of thiazole rings is 1. The number of carbonyl (C=O) groups excluding carboxylic acids is 2. The Morgan fingerprint density at radius 2 is 1.91 bits per heavy atom. The largest absolute Gasteiger partial charge is 0.468 e. The van der Waals surface area contributed by atoms with E-state index in [1.54, 1.807) is 23.3 Å². The lowest BCUT2D eigenvalue weighted by Gasteiger charge is -2.27. The van der Waals surface area contributed by atoms with Crippen LogP contribution in [0.1, 0.15) is 61.2 Å². The van der Waals surface area contributed by atoms with E-state index < -0.39 is 11.4 Å². The minimum absolute atomic E-state index is 0.0976. The third kappa shape index (κ3) is 2.76. The minimum Gasteiger partial charge on any atom is -0.468 e. The van der Waals surface area contributed by atoms with Gasteiger partial charge in [0.15, 0.2) is 0 Å². The Morgan fingerprint density at radius 3 is 2.32 bits per heavy atom. The van der Waals surface area contributed by atoms with Gasteiger partial charge in [0.25, 0.3) is 0 Å². The predicted molar refractivity (Wildman–Crippen MR) is 85.8 cm³/mol. The van der Waals surface area contributed by atoms with Gasteiger partial charge in [-0.2, -0.15) is 0 Å². The van der Waals surface area contributed by atoms with Crippen LogP contribution in [0.15, 0.2) is 0 Å². The number of aryl methyl sites for hydroxylation is 1. The molecule has 0 bridgehead atoms. The van der Waals surface area contributed by atoms with Crippen LogP contribution in [0.4, 0.5) is 0 Å². The summed E-state index contributed by atoms with van der Waals surface area (Å²) in [4.78, 5) is 31.9. The maximum absolute atomic E-state index is 12.7. The van der Waals surface area contributed by atoms with Crippen molar-refractivity contribution >= 4 is 23.2 Å². The van der Waals surface area contributed by atoms with E-state index in [1.807, 2.05) is 13.8 Å². The van der Waals surface area contributed by atoms with Crippen LogP contribution in [0.5, 0.6) is 0 Å². The van der Waals surface area contributed by atoms with Crippen molar-refractivity contribution < 1.29 is 14.3 Å². The molecule has 0 aromatic carbocycles. The van der Waals surface area contributed by atoms with Gasteiger partial charge in [0.05, 0.1) is 23.9 Å². The third-order valence-corrected chi connectivity index (χ3v) is 5.99. The van der Waals surface area contributed by atoms with Crippen molar-refractivity contribution in [3.8, 4) is 0 Å². The number of rotatable bonds is 5. The van der Waals surface area contributed by atoms with Gasteiger partial charge in [-0.15, -0.1) is 11.3 Å². The Morgan fingerprint density at radius 1 is 1.32 bits per heavy atom. The van der Waals surface area contributed by atoms with Gasteiger partial charge in [0.2, 0.25) is 5.91 Å². The quantitative estimate of drug-likeness (QED) is 0.617. The summed E-state index contributed by atoms with van der Waals surface area (Å²) in [6, 6.07) is -0.0976. The van der Waals surface area contributed by atoms with Crippen molar-refractivity contribution in [1.82, 2.24) is 9.88 Å². The van der Waals surface area contributed by atoms with E-state index in [0.29, 0.717) is 18.8 Å². The highest BCUT2D eigenvalue weighted by Gasteiger charge is 2.59. The Kier molecular flexibility index (Phi) is 4.61. The molecule has 1 aliphatic rings. The van der Waals surface area contributed by atoms with Crippen LogP contribution < -0.4 is 0 Å². The number of amides is 1. The molecule has 0 N–H and O–H groups in total. The molecule has 6 heteroatoms. The van der Waals surface area contributed by atoms with Crippen molar-refractivity contribution in [2.75, 3.05) is 14.2 Å². The second-order valence-corrected chi connectivity index (χ2v) is 7.38. The van der Waals surface area contributed by atoms with Gasteiger partial charge in [-0.1, -0.05) is 13.8 Å². The van der Waals surface area contributed by atoms with Gasteiger partial charge < -0.3 is 9.64 Å². The molecule has 0 radical (unpaired) electrons. The highest BCUT2D eigenvalue weighted by Crippen LogP contribution is 2.49. The maximum Gasteiger partial charge on any atom is 0.321 e. The van der Waals surface area contributed by atoms with Crippen molar-refractivity contribution in [2.45, 2.75) is 52.5 Å². The van der Waals surface area contributed by atoms with E-state index in [2.05, 4.69) is 18.8 Å². The predicted octanol–water partition coefficient (Wildman–Crippen LogP) is 3.05. The van der Waals surface area contributed by atoms with Crippen LogP contribution >= 0.6 is 11.3 Å². The maximum atomic E-state index is 12.7. The zero-order chi connectivity index (χ0) is 16.7. The van der Waals surface area contributed by atoms with E-state index >= 15 is 0 Å². The lowest BCUT2D eigenvalue weighted by atomic mass is 10.0. The average Bonchev–Trinajstić information content (AvgIpc) is 3.21. The van der Waals surface area contributed by atoms with E-state index in [1.165, 1.54) is 7.11 Å². The topological polar surface area (TPSA) is 59.5 Å². The van der Waals surface area contributed by atoms with Crippen LogP contribution in [0.25, 0.3) is 0 Å².